The number of aromatic nitrogens is 4. The Kier molecular flexibility index (Phi) is 9.82. The molecule has 0 N–H and O–H groups in total. The van der Waals surface area contributed by atoms with Crippen molar-refractivity contribution in [1.82, 2.24) is 19.9 Å². The normalized spacial score (nSPS) is 11.6. The summed E-state index contributed by atoms with van der Waals surface area (Å²) in [4.78, 5) is 20.9. The first-order valence-electron chi connectivity index (χ1n) is 24.4. The summed E-state index contributed by atoms with van der Waals surface area (Å²) in [5.74, 6) is 1.37. The van der Waals surface area contributed by atoms with E-state index < -0.39 is 0 Å². The summed E-state index contributed by atoms with van der Waals surface area (Å²) in [6.07, 6.45) is 0. The summed E-state index contributed by atoms with van der Waals surface area (Å²) in [6, 6.07) is 90.6. The monoisotopic (exact) mass is 914 g/mol. The summed E-state index contributed by atoms with van der Waals surface area (Å²) >= 11 is 0. The molecule has 0 unspecified atom stereocenters. The first kappa shape index (κ1) is 41.3. The van der Waals surface area contributed by atoms with Crippen molar-refractivity contribution in [2.24, 2.45) is 0 Å². The molecule has 14 aromatic rings. The Balaban J connectivity index is 0.806. The summed E-state index contributed by atoms with van der Waals surface area (Å²) in [5, 5.41) is 12.0. The van der Waals surface area contributed by atoms with Crippen LogP contribution in [0.4, 0.5) is 0 Å². The zero-order valence-corrected chi connectivity index (χ0v) is 39.0. The number of benzene rings is 12. The first-order valence-corrected chi connectivity index (χ1v) is 24.4. The molecule has 0 saturated heterocycles. The van der Waals surface area contributed by atoms with Gasteiger partial charge in [0.15, 0.2) is 11.6 Å². The molecule has 0 saturated carbocycles. The Hall–Kier alpha value is -9.64. The zero-order chi connectivity index (χ0) is 47.5. The van der Waals surface area contributed by atoms with E-state index in [0.29, 0.717) is 11.6 Å². The molecule has 0 spiro atoms. The van der Waals surface area contributed by atoms with Crippen molar-refractivity contribution in [2.45, 2.75) is 0 Å². The molecule has 0 aliphatic rings. The minimum absolute atomic E-state index is 0.678. The number of para-hydroxylation sites is 2. The average Bonchev–Trinajstić information content (AvgIpc) is 3.46. The van der Waals surface area contributed by atoms with Gasteiger partial charge in [-0.2, -0.15) is 0 Å². The molecule has 0 fully saturated rings. The maximum absolute atomic E-state index is 5.33. The number of nitrogens with zero attached hydrogens (tertiary/aromatic N) is 4. The fourth-order valence-corrected chi connectivity index (χ4v) is 10.7. The average molecular weight is 915 g/mol. The highest BCUT2D eigenvalue weighted by atomic mass is 14.9. The quantitative estimate of drug-likeness (QED) is 0.150. The first-order chi connectivity index (χ1) is 35.7. The lowest BCUT2D eigenvalue weighted by molar-refractivity contribution is 1.23. The van der Waals surface area contributed by atoms with Crippen LogP contribution in [0.5, 0.6) is 0 Å². The minimum atomic E-state index is 0.678. The Labute approximate surface area is 416 Å². The fraction of sp³-hybridized carbons (Fsp3) is 0. The van der Waals surface area contributed by atoms with E-state index in [2.05, 4.69) is 243 Å². The third-order valence-electron chi connectivity index (χ3n) is 14.3. The van der Waals surface area contributed by atoms with Crippen molar-refractivity contribution in [1.29, 1.82) is 0 Å². The minimum Gasteiger partial charge on any atom is -0.228 e. The van der Waals surface area contributed by atoms with Gasteiger partial charge in [-0.25, -0.2) is 19.9 Å². The van der Waals surface area contributed by atoms with E-state index in [-0.39, 0.29) is 0 Å². The Morgan fingerprint density at radius 1 is 0.194 bits per heavy atom. The molecule has 0 aliphatic carbocycles. The van der Waals surface area contributed by atoms with Gasteiger partial charge in [0.05, 0.1) is 22.4 Å². The smallest absolute Gasteiger partial charge is 0.160 e. The molecule has 12 aromatic carbocycles. The molecule has 2 heterocycles. The molecule has 0 radical (unpaired) electrons. The van der Waals surface area contributed by atoms with Gasteiger partial charge in [-0.3, -0.25) is 0 Å². The van der Waals surface area contributed by atoms with E-state index in [1.807, 2.05) is 12.1 Å². The van der Waals surface area contributed by atoms with Gasteiger partial charge >= 0.3 is 0 Å². The lowest BCUT2D eigenvalue weighted by Crippen LogP contribution is -1.96. The Bertz CT molecular complexity index is 4440. The van der Waals surface area contributed by atoms with Crippen LogP contribution in [0.15, 0.2) is 255 Å². The van der Waals surface area contributed by atoms with E-state index in [1.54, 1.807) is 0 Å². The predicted octanol–water partition coefficient (Wildman–Crippen LogP) is 17.9. The summed E-state index contributed by atoms with van der Waals surface area (Å²) in [6.45, 7) is 0. The topological polar surface area (TPSA) is 51.6 Å². The van der Waals surface area contributed by atoms with Gasteiger partial charge in [-0.15, -0.1) is 0 Å². The molecule has 0 amide bonds. The van der Waals surface area contributed by atoms with Gasteiger partial charge in [-0.05, 0) is 113 Å². The van der Waals surface area contributed by atoms with Crippen LogP contribution in [0, 0.1) is 0 Å². The molecule has 14 rings (SSSR count). The summed E-state index contributed by atoms with van der Waals surface area (Å²) < 4.78 is 0. The third kappa shape index (κ3) is 7.16. The molecule has 4 nitrogen and oxygen atoms in total. The Morgan fingerprint density at radius 2 is 0.556 bits per heavy atom. The van der Waals surface area contributed by atoms with Crippen LogP contribution in [0.1, 0.15) is 0 Å². The highest BCUT2D eigenvalue weighted by Gasteiger charge is 2.17. The van der Waals surface area contributed by atoms with Crippen LogP contribution in [0.2, 0.25) is 0 Å². The molecule has 0 bridgehead atoms. The highest BCUT2D eigenvalue weighted by molar-refractivity contribution is 6.15. The van der Waals surface area contributed by atoms with Crippen LogP contribution in [0.25, 0.3) is 144 Å². The van der Waals surface area contributed by atoms with Crippen LogP contribution < -0.4 is 0 Å². The van der Waals surface area contributed by atoms with Crippen LogP contribution >= 0.6 is 0 Å². The molecular weight excluding hydrogens is 873 g/mol. The number of hydrogen-bond donors (Lipinski definition) is 0. The molecule has 2 aromatic heterocycles. The number of rotatable bonds is 7. The van der Waals surface area contributed by atoms with Crippen molar-refractivity contribution in [3.8, 4) is 78.7 Å². The van der Waals surface area contributed by atoms with Gasteiger partial charge in [0.1, 0.15) is 0 Å². The van der Waals surface area contributed by atoms with Gasteiger partial charge in [0, 0.05) is 33.0 Å². The van der Waals surface area contributed by atoms with Gasteiger partial charge < -0.3 is 0 Å². The largest absolute Gasteiger partial charge is 0.228 e. The zero-order valence-electron chi connectivity index (χ0n) is 39.0. The predicted molar refractivity (Wildman–Crippen MR) is 301 cm³/mol. The van der Waals surface area contributed by atoms with E-state index in [0.717, 1.165) is 72.1 Å². The second kappa shape index (κ2) is 17.1. The van der Waals surface area contributed by atoms with Crippen molar-refractivity contribution in [2.75, 3.05) is 0 Å². The number of fused-ring (bicyclic) bond motifs is 8. The fourth-order valence-electron chi connectivity index (χ4n) is 10.7. The molecule has 0 atom stereocenters. The summed E-state index contributed by atoms with van der Waals surface area (Å²) in [7, 11) is 0. The SMILES string of the molecule is c1cc(-c2cccc(-c3nc(-c4ccc(-c5cc6ccccc6c6ccccc56)cc4)nc4ccccc34)c2)cc(-c2nc(-c3ccc(-c4cc5ccccc5c5ccccc45)cc3)c3ccccc3n2)c1. The van der Waals surface area contributed by atoms with Crippen molar-refractivity contribution in [3.63, 3.8) is 0 Å². The third-order valence-corrected chi connectivity index (χ3v) is 14.3. The van der Waals surface area contributed by atoms with E-state index in [1.165, 1.54) is 59.8 Å². The maximum atomic E-state index is 5.33. The Morgan fingerprint density at radius 3 is 1.08 bits per heavy atom. The standard InChI is InChI=1S/C68H42N4/c1-3-21-53-49(15-1)41-61(57-25-7-5-23-55(53)57)43-31-35-45(36-32-43)65-59-27-9-11-29-63(59)70-68(71-65)52-20-14-18-48(40-52)47-17-13-19-51(39-47)66-60-28-10-12-30-64(60)69-67(72-66)46-37-33-44(34-38-46)62-42-50-16-2-4-22-54(50)56-24-6-8-26-58(56)62/h1-42H. The van der Waals surface area contributed by atoms with Crippen molar-refractivity contribution in [3.05, 3.63) is 255 Å². The van der Waals surface area contributed by atoms with Crippen LogP contribution in [0.3, 0.4) is 0 Å². The number of hydrogen-bond acceptors (Lipinski definition) is 4. The van der Waals surface area contributed by atoms with Gasteiger partial charge in [0.25, 0.3) is 0 Å². The second-order valence-corrected chi connectivity index (χ2v) is 18.5. The lowest BCUT2D eigenvalue weighted by atomic mass is 9.92. The van der Waals surface area contributed by atoms with Gasteiger partial charge in [0.2, 0.25) is 0 Å². The highest BCUT2D eigenvalue weighted by Crippen LogP contribution is 2.40. The summed E-state index contributed by atoms with van der Waals surface area (Å²) in [5.41, 5.74) is 14.4. The van der Waals surface area contributed by atoms with Crippen molar-refractivity contribution >= 4 is 64.9 Å². The molecular formula is C68H42N4. The lowest BCUT2D eigenvalue weighted by Gasteiger charge is -2.13. The van der Waals surface area contributed by atoms with E-state index >= 15 is 0 Å². The van der Waals surface area contributed by atoms with Crippen LogP contribution in [-0.2, 0) is 0 Å². The molecule has 0 aliphatic heterocycles. The van der Waals surface area contributed by atoms with Crippen LogP contribution in [-0.4, -0.2) is 19.9 Å². The van der Waals surface area contributed by atoms with Crippen molar-refractivity contribution < 1.29 is 0 Å². The van der Waals surface area contributed by atoms with E-state index in [4.69, 9.17) is 19.9 Å². The molecule has 4 heteroatoms. The van der Waals surface area contributed by atoms with Gasteiger partial charge in [-0.1, -0.05) is 218 Å². The molecule has 72 heavy (non-hydrogen) atoms. The second-order valence-electron chi connectivity index (χ2n) is 18.5. The maximum Gasteiger partial charge on any atom is 0.160 e. The molecule has 334 valence electrons. The van der Waals surface area contributed by atoms with E-state index in [9.17, 15) is 0 Å².